The van der Waals surface area contributed by atoms with Crippen LogP contribution >= 0.6 is 0 Å². The van der Waals surface area contributed by atoms with Crippen LogP contribution in [0.25, 0.3) is 0 Å². The lowest BCUT2D eigenvalue weighted by Crippen LogP contribution is -2.36. The van der Waals surface area contributed by atoms with Crippen LogP contribution in [0.5, 0.6) is 0 Å². The Kier molecular flexibility index (Phi) is 17.0. The molecule has 0 bridgehead atoms. The van der Waals surface area contributed by atoms with Gasteiger partial charge in [0.1, 0.15) is 0 Å². The number of amides is 1. The molecule has 0 rings (SSSR count). The lowest BCUT2D eigenvalue weighted by atomic mass is 9.97. The van der Waals surface area contributed by atoms with Crippen LogP contribution in [0.4, 0.5) is 0 Å². The van der Waals surface area contributed by atoms with E-state index in [0.29, 0.717) is 19.4 Å². The zero-order valence-electron chi connectivity index (χ0n) is 19.6. The molecule has 0 radical (unpaired) electrons. The fraction of sp³-hybridized carbons (Fsp3) is 0.818. The highest BCUT2D eigenvalue weighted by Gasteiger charge is 2.33. The number of carboxylic acids is 3. The molecule has 0 spiro atoms. The van der Waals surface area contributed by atoms with Crippen LogP contribution in [-0.4, -0.2) is 63.9 Å². The molecule has 0 fully saturated rings. The summed E-state index contributed by atoms with van der Waals surface area (Å²) in [5.74, 6) is -5.42. The van der Waals surface area contributed by atoms with Crippen molar-refractivity contribution in [1.29, 1.82) is 0 Å². The molecule has 5 N–H and O–H groups in total. The summed E-state index contributed by atoms with van der Waals surface area (Å²) >= 11 is 0. The number of hydrogen-bond donors (Lipinski definition) is 5. The van der Waals surface area contributed by atoms with Gasteiger partial charge in [0.2, 0.25) is 5.91 Å². The normalized spacial score (nSPS) is 13.2. The van der Waals surface area contributed by atoms with Crippen LogP contribution in [0, 0.1) is 5.92 Å². The van der Waals surface area contributed by atoms with Crippen LogP contribution in [0.1, 0.15) is 96.3 Å². The molecule has 2 atom stereocenters. The number of hydrogen-bond acceptors (Lipinski definition) is 6. The third-order valence-electron chi connectivity index (χ3n) is 5.58. The Bertz CT molecular complexity index is 738. The summed E-state index contributed by atoms with van der Waals surface area (Å²) in [6, 6.07) is 0. The fourth-order valence-corrected chi connectivity index (χ4v) is 4.21. The highest BCUT2D eigenvalue weighted by atomic mass is 32.2. The van der Waals surface area contributed by atoms with Crippen molar-refractivity contribution in [3.05, 3.63) is 0 Å². The highest BCUT2D eigenvalue weighted by Crippen LogP contribution is 2.17. The number of rotatable bonds is 22. The molecule has 0 saturated heterocycles. The number of carbonyl (C=O) groups excluding carboxylic acids is 1. The Labute approximate surface area is 201 Å². The van der Waals surface area contributed by atoms with Gasteiger partial charge in [0.15, 0.2) is 5.25 Å². The van der Waals surface area contributed by atoms with Gasteiger partial charge >= 0.3 is 17.9 Å². The zero-order chi connectivity index (χ0) is 26.0. The lowest BCUT2D eigenvalue weighted by Gasteiger charge is -2.09. The largest absolute Gasteiger partial charge is 0.481 e. The van der Waals surface area contributed by atoms with Crippen molar-refractivity contribution in [2.75, 3.05) is 6.54 Å². The van der Waals surface area contributed by atoms with E-state index in [1.165, 1.54) is 0 Å². The van der Waals surface area contributed by atoms with E-state index in [0.717, 1.165) is 70.6 Å². The predicted molar refractivity (Wildman–Crippen MR) is 124 cm³/mol. The second-order valence-electron chi connectivity index (χ2n) is 8.56. The molecule has 0 aromatic heterocycles. The van der Waals surface area contributed by atoms with E-state index in [9.17, 15) is 27.6 Å². The molecule has 2 unspecified atom stereocenters. The second-order valence-corrected chi connectivity index (χ2v) is 10.2. The lowest BCUT2D eigenvalue weighted by molar-refractivity contribution is -0.148. The Morgan fingerprint density at radius 2 is 1.09 bits per heavy atom. The van der Waals surface area contributed by atoms with Crippen molar-refractivity contribution in [1.82, 2.24) is 5.32 Å². The number of aliphatic carboxylic acids is 3. The average molecular weight is 510 g/mol. The molecule has 0 saturated carbocycles. The molecule has 34 heavy (non-hydrogen) atoms. The van der Waals surface area contributed by atoms with Gasteiger partial charge in [0.05, 0.1) is 18.8 Å². The predicted octanol–water partition coefficient (Wildman–Crippen LogP) is 3.08. The monoisotopic (exact) mass is 509 g/mol. The van der Waals surface area contributed by atoms with Gasteiger partial charge in [-0.1, -0.05) is 70.6 Å². The van der Waals surface area contributed by atoms with E-state index in [4.69, 9.17) is 19.9 Å². The van der Waals surface area contributed by atoms with Crippen LogP contribution in [0.2, 0.25) is 0 Å². The van der Waals surface area contributed by atoms with Gasteiger partial charge in [-0.05, 0) is 12.8 Å². The summed E-state index contributed by atoms with van der Waals surface area (Å²) in [7, 11) is -4.83. The maximum absolute atomic E-state index is 11.6. The fourth-order valence-electron chi connectivity index (χ4n) is 3.60. The first-order valence-corrected chi connectivity index (χ1v) is 13.4. The standard InChI is InChI=1S/C22H39NO10S/c24-19(16-18(22(29)30)34(31,32)33)23-14-12-10-8-6-4-2-1-3-5-7-9-11-13-17(21(27)28)15-20(25)26/h17-18H,1-16H2,(H,23,24)(H,25,26)(H,27,28)(H,29,30)(H,31,32,33). The highest BCUT2D eigenvalue weighted by molar-refractivity contribution is 7.87. The van der Waals surface area contributed by atoms with E-state index in [-0.39, 0.29) is 6.42 Å². The topological polar surface area (TPSA) is 195 Å². The molecule has 0 aromatic carbocycles. The number of nitrogens with one attached hydrogen (secondary N) is 1. The van der Waals surface area contributed by atoms with Gasteiger partial charge in [-0.3, -0.25) is 23.7 Å². The van der Waals surface area contributed by atoms with Crippen molar-refractivity contribution >= 4 is 33.9 Å². The number of carbonyl (C=O) groups is 4. The molecular formula is C22H39NO10S. The second kappa shape index (κ2) is 18.2. The maximum Gasteiger partial charge on any atom is 0.324 e. The van der Waals surface area contributed by atoms with E-state index < -0.39 is 51.5 Å². The van der Waals surface area contributed by atoms with Crippen LogP contribution in [0.15, 0.2) is 0 Å². The maximum atomic E-state index is 11.6. The van der Waals surface area contributed by atoms with Crippen molar-refractivity contribution in [2.45, 2.75) is 102 Å². The Balaban J connectivity index is 3.56. The SMILES string of the molecule is O=C(O)CC(CCCCCCCCCCCCCCNC(=O)CC(C(=O)O)S(=O)(=O)O)C(=O)O. The van der Waals surface area contributed by atoms with Gasteiger partial charge in [0.25, 0.3) is 10.1 Å². The van der Waals surface area contributed by atoms with Crippen molar-refractivity contribution in [3.8, 4) is 0 Å². The third-order valence-corrected chi connectivity index (χ3v) is 6.66. The zero-order valence-corrected chi connectivity index (χ0v) is 20.4. The van der Waals surface area contributed by atoms with E-state index in [1.54, 1.807) is 0 Å². The molecule has 198 valence electrons. The summed E-state index contributed by atoms with van der Waals surface area (Å²) in [4.78, 5) is 44.1. The Morgan fingerprint density at radius 3 is 1.47 bits per heavy atom. The van der Waals surface area contributed by atoms with E-state index >= 15 is 0 Å². The van der Waals surface area contributed by atoms with Crippen LogP contribution < -0.4 is 5.32 Å². The van der Waals surface area contributed by atoms with Gasteiger partial charge in [-0.2, -0.15) is 8.42 Å². The van der Waals surface area contributed by atoms with Crippen LogP contribution in [0.3, 0.4) is 0 Å². The first-order chi connectivity index (χ1) is 15.9. The smallest absolute Gasteiger partial charge is 0.324 e. The summed E-state index contributed by atoms with van der Waals surface area (Å²) in [6.45, 7) is 0.320. The summed E-state index contributed by atoms with van der Waals surface area (Å²) in [5.41, 5.74) is 0. The first-order valence-electron chi connectivity index (χ1n) is 11.9. The minimum atomic E-state index is -4.83. The third kappa shape index (κ3) is 17.3. The van der Waals surface area contributed by atoms with Gasteiger partial charge in [0, 0.05) is 6.54 Å². The Hall–Kier alpha value is -2.21. The Morgan fingerprint density at radius 1 is 0.647 bits per heavy atom. The molecule has 12 heteroatoms. The number of carboxylic acid groups (broad SMARTS) is 3. The van der Waals surface area contributed by atoms with Crippen LogP contribution in [-0.2, 0) is 29.3 Å². The molecule has 0 aliphatic heterocycles. The summed E-state index contributed by atoms with van der Waals surface area (Å²) in [6.07, 6.45) is 11.1. The van der Waals surface area contributed by atoms with E-state index in [2.05, 4.69) is 5.32 Å². The number of unbranched alkanes of at least 4 members (excludes halogenated alkanes) is 11. The minimum Gasteiger partial charge on any atom is -0.481 e. The average Bonchev–Trinajstić information content (AvgIpc) is 2.72. The van der Waals surface area contributed by atoms with Crippen molar-refractivity contribution < 1.29 is 47.5 Å². The minimum absolute atomic E-state index is 0.320. The molecular weight excluding hydrogens is 470 g/mol. The van der Waals surface area contributed by atoms with Gasteiger partial charge in [-0.25, -0.2) is 0 Å². The summed E-state index contributed by atoms with van der Waals surface area (Å²) in [5, 5.41) is 26.8. The molecule has 0 aromatic rings. The molecule has 1 amide bonds. The molecule has 0 aliphatic carbocycles. The molecule has 11 nitrogen and oxygen atoms in total. The van der Waals surface area contributed by atoms with Crippen molar-refractivity contribution in [3.63, 3.8) is 0 Å². The van der Waals surface area contributed by atoms with Gasteiger partial charge in [-0.15, -0.1) is 0 Å². The van der Waals surface area contributed by atoms with Crippen molar-refractivity contribution in [2.24, 2.45) is 5.92 Å². The summed E-state index contributed by atoms with van der Waals surface area (Å²) < 4.78 is 30.7. The van der Waals surface area contributed by atoms with E-state index in [1.807, 2.05) is 0 Å². The molecule has 0 heterocycles. The molecule has 0 aliphatic rings. The quantitative estimate of drug-likeness (QED) is 0.107. The van der Waals surface area contributed by atoms with Gasteiger partial charge < -0.3 is 20.6 Å². The first kappa shape index (κ1) is 31.8.